The van der Waals surface area contributed by atoms with Crippen LogP contribution in [-0.4, -0.2) is 40.6 Å². The highest BCUT2D eigenvalue weighted by molar-refractivity contribution is 5.83. The normalized spacial score (nSPS) is 33.5. The molecule has 0 bridgehead atoms. The van der Waals surface area contributed by atoms with Crippen molar-refractivity contribution in [2.45, 2.75) is 70.9 Å². The maximum absolute atomic E-state index is 12.4. The van der Waals surface area contributed by atoms with Gasteiger partial charge in [0.1, 0.15) is 6.04 Å². The number of nitrogens with zero attached hydrogens (tertiary/aromatic N) is 1. The molecule has 1 aliphatic heterocycles. The van der Waals surface area contributed by atoms with Crippen molar-refractivity contribution in [1.29, 1.82) is 0 Å². The van der Waals surface area contributed by atoms with Crippen LogP contribution in [0.5, 0.6) is 0 Å². The smallest absolute Gasteiger partial charge is 0.326 e. The quantitative estimate of drug-likeness (QED) is 0.841. The summed E-state index contributed by atoms with van der Waals surface area (Å²) in [6.45, 7) is 4.82. The number of piperidine rings is 1. The lowest BCUT2D eigenvalue weighted by atomic mass is 9.84. The molecule has 5 nitrogen and oxygen atoms in total. The van der Waals surface area contributed by atoms with Gasteiger partial charge < -0.3 is 15.3 Å². The van der Waals surface area contributed by atoms with Gasteiger partial charge in [-0.3, -0.25) is 0 Å². The van der Waals surface area contributed by atoms with Crippen molar-refractivity contribution in [2.75, 3.05) is 6.54 Å². The third-order valence-corrected chi connectivity index (χ3v) is 5.16. The zero-order chi connectivity index (χ0) is 15.4. The van der Waals surface area contributed by atoms with Crippen LogP contribution in [0.4, 0.5) is 4.79 Å². The Labute approximate surface area is 127 Å². The number of likely N-dealkylation sites (tertiary alicyclic amines) is 1. The second kappa shape index (κ2) is 7.14. The molecule has 0 aromatic carbocycles. The van der Waals surface area contributed by atoms with Crippen LogP contribution in [0.1, 0.15) is 58.8 Å². The number of carbonyl (C=O) groups excluding carboxylic acids is 1. The highest BCUT2D eigenvalue weighted by Crippen LogP contribution is 2.27. The Hall–Kier alpha value is -1.26. The first kappa shape index (κ1) is 16.1. The molecule has 1 heterocycles. The summed E-state index contributed by atoms with van der Waals surface area (Å²) in [5.41, 5.74) is 0. The average Bonchev–Trinajstić information content (AvgIpc) is 2.47. The van der Waals surface area contributed by atoms with E-state index in [1.807, 2.05) is 0 Å². The first-order chi connectivity index (χ1) is 10.0. The Balaban J connectivity index is 1.88. The molecule has 0 aromatic heterocycles. The Morgan fingerprint density at radius 3 is 2.43 bits per heavy atom. The molecule has 0 aromatic rings. The summed E-state index contributed by atoms with van der Waals surface area (Å²) in [5, 5.41) is 12.4. The minimum atomic E-state index is -0.883. The molecule has 120 valence electrons. The molecule has 1 saturated carbocycles. The maximum atomic E-state index is 12.4. The minimum absolute atomic E-state index is 0.186. The number of urea groups is 1. The molecule has 21 heavy (non-hydrogen) atoms. The molecule has 2 aliphatic rings. The number of hydrogen-bond acceptors (Lipinski definition) is 2. The third kappa shape index (κ3) is 4.11. The largest absolute Gasteiger partial charge is 0.480 e. The number of carboxylic acids is 1. The summed E-state index contributed by atoms with van der Waals surface area (Å²) in [4.78, 5) is 25.3. The Morgan fingerprint density at radius 2 is 1.86 bits per heavy atom. The Bertz CT molecular complexity index is 378. The van der Waals surface area contributed by atoms with Gasteiger partial charge in [-0.05, 0) is 50.4 Å². The van der Waals surface area contributed by atoms with Gasteiger partial charge in [-0.15, -0.1) is 0 Å². The zero-order valence-corrected chi connectivity index (χ0v) is 13.2. The van der Waals surface area contributed by atoms with Gasteiger partial charge in [0, 0.05) is 12.6 Å². The van der Waals surface area contributed by atoms with Crippen LogP contribution >= 0.6 is 0 Å². The van der Waals surface area contributed by atoms with Gasteiger partial charge in [0.2, 0.25) is 0 Å². The molecule has 2 amide bonds. The van der Waals surface area contributed by atoms with Gasteiger partial charge in [0.15, 0.2) is 0 Å². The van der Waals surface area contributed by atoms with Gasteiger partial charge >= 0.3 is 12.0 Å². The minimum Gasteiger partial charge on any atom is -0.480 e. The second-order valence-corrected chi connectivity index (χ2v) is 6.75. The fourth-order valence-corrected chi connectivity index (χ4v) is 3.59. The van der Waals surface area contributed by atoms with Crippen molar-refractivity contribution in [3.63, 3.8) is 0 Å². The highest BCUT2D eigenvalue weighted by Gasteiger charge is 2.35. The second-order valence-electron chi connectivity index (χ2n) is 6.75. The number of amides is 2. The van der Waals surface area contributed by atoms with E-state index in [1.54, 1.807) is 0 Å². The molecule has 0 radical (unpaired) electrons. The summed E-state index contributed by atoms with van der Waals surface area (Å²) in [6.07, 6.45) is 7.04. The molecule has 2 unspecified atom stereocenters. The topological polar surface area (TPSA) is 69.6 Å². The van der Waals surface area contributed by atoms with Crippen LogP contribution in [0.25, 0.3) is 0 Å². The van der Waals surface area contributed by atoms with Gasteiger partial charge in [-0.25, -0.2) is 9.59 Å². The predicted octanol–water partition coefficient (Wildman–Crippen LogP) is 2.85. The maximum Gasteiger partial charge on any atom is 0.326 e. The fourth-order valence-electron chi connectivity index (χ4n) is 3.59. The molecule has 2 rings (SSSR count). The van der Waals surface area contributed by atoms with Crippen LogP contribution < -0.4 is 5.32 Å². The van der Waals surface area contributed by atoms with E-state index in [4.69, 9.17) is 0 Å². The molecule has 1 aliphatic carbocycles. The van der Waals surface area contributed by atoms with Crippen LogP contribution in [0, 0.1) is 11.8 Å². The van der Waals surface area contributed by atoms with Crippen molar-refractivity contribution < 1.29 is 14.7 Å². The average molecular weight is 296 g/mol. The Kier molecular flexibility index (Phi) is 5.48. The van der Waals surface area contributed by atoms with Crippen molar-refractivity contribution in [3.05, 3.63) is 0 Å². The van der Waals surface area contributed by atoms with Crippen molar-refractivity contribution in [3.8, 4) is 0 Å². The lowest BCUT2D eigenvalue weighted by molar-refractivity contribution is -0.143. The molecule has 2 atom stereocenters. The lowest BCUT2D eigenvalue weighted by Gasteiger charge is -2.37. The highest BCUT2D eigenvalue weighted by atomic mass is 16.4. The van der Waals surface area contributed by atoms with Gasteiger partial charge in [0.25, 0.3) is 0 Å². The van der Waals surface area contributed by atoms with Crippen molar-refractivity contribution >= 4 is 12.0 Å². The lowest BCUT2D eigenvalue weighted by Crippen LogP contribution is -2.55. The van der Waals surface area contributed by atoms with Crippen LogP contribution in [0.3, 0.4) is 0 Å². The number of nitrogens with one attached hydrogen (secondary N) is 1. The standard InChI is InChI=1S/C16H28N2O3/c1-3-12-4-6-13(7-5-12)17-16(21)18-9-8-11(2)10-14(18)15(19)20/h11-14H,3-10H2,1-2H3,(H,17,21)(H,19,20). The first-order valence-electron chi connectivity index (χ1n) is 8.31. The number of aliphatic carboxylic acids is 1. The molecule has 2 N–H and O–H groups in total. The number of carboxylic acid groups (broad SMARTS) is 1. The van der Waals surface area contributed by atoms with E-state index in [0.717, 1.165) is 25.2 Å². The van der Waals surface area contributed by atoms with E-state index < -0.39 is 12.0 Å². The number of rotatable bonds is 3. The molecule has 5 heteroatoms. The first-order valence-corrected chi connectivity index (χ1v) is 8.31. The van der Waals surface area contributed by atoms with E-state index in [0.29, 0.717) is 18.9 Å². The van der Waals surface area contributed by atoms with Crippen LogP contribution in [0.2, 0.25) is 0 Å². The van der Waals surface area contributed by atoms with E-state index in [-0.39, 0.29) is 12.1 Å². The molecule has 2 fully saturated rings. The van der Waals surface area contributed by atoms with E-state index in [9.17, 15) is 14.7 Å². The van der Waals surface area contributed by atoms with Crippen LogP contribution in [-0.2, 0) is 4.79 Å². The molecule has 1 saturated heterocycles. The SMILES string of the molecule is CCC1CCC(NC(=O)N2CCC(C)CC2C(=O)O)CC1. The van der Waals surface area contributed by atoms with E-state index >= 15 is 0 Å². The number of hydrogen-bond donors (Lipinski definition) is 2. The fraction of sp³-hybridized carbons (Fsp3) is 0.875. The number of carbonyl (C=O) groups is 2. The van der Waals surface area contributed by atoms with Crippen molar-refractivity contribution in [2.24, 2.45) is 11.8 Å². The zero-order valence-electron chi connectivity index (χ0n) is 13.2. The molecular formula is C16H28N2O3. The molecule has 0 spiro atoms. The summed E-state index contributed by atoms with van der Waals surface area (Å²) < 4.78 is 0. The molecular weight excluding hydrogens is 268 g/mol. The van der Waals surface area contributed by atoms with E-state index in [1.165, 1.54) is 24.2 Å². The van der Waals surface area contributed by atoms with Gasteiger partial charge in [-0.1, -0.05) is 20.3 Å². The predicted molar refractivity (Wildman–Crippen MR) is 81.1 cm³/mol. The van der Waals surface area contributed by atoms with Gasteiger partial charge in [-0.2, -0.15) is 0 Å². The third-order valence-electron chi connectivity index (χ3n) is 5.16. The monoisotopic (exact) mass is 296 g/mol. The summed E-state index contributed by atoms with van der Waals surface area (Å²) in [7, 11) is 0. The van der Waals surface area contributed by atoms with Crippen LogP contribution in [0.15, 0.2) is 0 Å². The summed E-state index contributed by atoms with van der Waals surface area (Å²) in [5.74, 6) is 0.280. The van der Waals surface area contributed by atoms with E-state index in [2.05, 4.69) is 19.2 Å². The van der Waals surface area contributed by atoms with Crippen molar-refractivity contribution in [1.82, 2.24) is 10.2 Å². The van der Waals surface area contributed by atoms with Gasteiger partial charge in [0.05, 0.1) is 0 Å². The summed E-state index contributed by atoms with van der Waals surface area (Å²) in [6, 6.07) is -0.635. The summed E-state index contributed by atoms with van der Waals surface area (Å²) >= 11 is 0. The Morgan fingerprint density at radius 1 is 1.19 bits per heavy atom.